The number of halogens is 2. The lowest BCUT2D eigenvalue weighted by Gasteiger charge is -2.07. The molecule has 0 atom stereocenters. The van der Waals surface area contributed by atoms with Crippen molar-refractivity contribution >= 4 is 40.0 Å². The third-order valence-electron chi connectivity index (χ3n) is 3.14. The van der Waals surface area contributed by atoms with Crippen molar-refractivity contribution in [2.75, 3.05) is 12.3 Å². The Morgan fingerprint density at radius 2 is 2.00 bits per heavy atom. The number of nitrogens with zero attached hydrogens (tertiary/aromatic N) is 1. The smallest absolute Gasteiger partial charge is 0.195 e. The predicted molar refractivity (Wildman–Crippen MR) is 88.7 cm³/mol. The highest BCUT2D eigenvalue weighted by atomic mass is 35.5. The highest BCUT2D eigenvalue weighted by Crippen LogP contribution is 2.27. The molecule has 0 radical (unpaired) electrons. The van der Waals surface area contributed by atoms with Crippen LogP contribution in [0.4, 0.5) is 5.69 Å². The monoisotopic (exact) mass is 336 g/mol. The second-order valence-electron chi connectivity index (χ2n) is 4.86. The fraction of sp³-hybridized carbons (Fsp3) is 0.188. The van der Waals surface area contributed by atoms with E-state index < -0.39 is 0 Å². The first-order chi connectivity index (χ1) is 10.6. The highest BCUT2D eigenvalue weighted by Gasteiger charge is 2.07. The van der Waals surface area contributed by atoms with Crippen molar-refractivity contribution in [2.24, 2.45) is 0 Å². The average Bonchev–Trinajstić information content (AvgIpc) is 2.87. The number of hydrogen-bond donors (Lipinski definition) is 1. The Hall–Kier alpha value is -1.91. The summed E-state index contributed by atoms with van der Waals surface area (Å²) in [5.41, 5.74) is 7.91. The molecule has 0 unspecified atom stereocenters. The van der Waals surface area contributed by atoms with Crippen LogP contribution >= 0.6 is 23.2 Å². The van der Waals surface area contributed by atoms with Gasteiger partial charge < -0.3 is 14.9 Å². The number of nitrogens with two attached hydrogens (primary N) is 1. The minimum absolute atomic E-state index is 0.504. The van der Waals surface area contributed by atoms with Crippen molar-refractivity contribution < 1.29 is 9.15 Å². The lowest BCUT2D eigenvalue weighted by Crippen LogP contribution is -2.00. The van der Waals surface area contributed by atoms with Gasteiger partial charge in [-0.2, -0.15) is 0 Å². The molecule has 0 spiro atoms. The van der Waals surface area contributed by atoms with Crippen molar-refractivity contribution in [3.05, 3.63) is 52.3 Å². The van der Waals surface area contributed by atoms with E-state index in [1.807, 2.05) is 6.07 Å². The summed E-state index contributed by atoms with van der Waals surface area (Å²) in [5, 5.41) is 1.09. The largest absolute Gasteiger partial charge is 0.492 e. The van der Waals surface area contributed by atoms with Gasteiger partial charge in [-0.15, -0.1) is 0 Å². The zero-order valence-corrected chi connectivity index (χ0v) is 13.2. The van der Waals surface area contributed by atoms with Gasteiger partial charge in [-0.05, 0) is 42.8 Å². The minimum Gasteiger partial charge on any atom is -0.492 e. The summed E-state index contributed by atoms with van der Waals surface area (Å²) < 4.78 is 11.3. The SMILES string of the molecule is Nc1ccc2oc(CCCOc3ccc(Cl)cc3Cl)nc2c1. The van der Waals surface area contributed by atoms with Gasteiger partial charge in [-0.3, -0.25) is 0 Å². The maximum Gasteiger partial charge on any atom is 0.195 e. The van der Waals surface area contributed by atoms with Crippen molar-refractivity contribution in [2.45, 2.75) is 12.8 Å². The fourth-order valence-electron chi connectivity index (χ4n) is 2.10. The molecule has 2 N–H and O–H groups in total. The van der Waals surface area contributed by atoms with E-state index >= 15 is 0 Å². The molecule has 6 heteroatoms. The molecule has 2 aromatic carbocycles. The van der Waals surface area contributed by atoms with Crippen molar-refractivity contribution in [1.82, 2.24) is 4.98 Å². The summed E-state index contributed by atoms with van der Waals surface area (Å²) in [6.45, 7) is 0.516. The zero-order chi connectivity index (χ0) is 15.5. The lowest BCUT2D eigenvalue weighted by atomic mass is 10.3. The Morgan fingerprint density at radius 1 is 1.14 bits per heavy atom. The van der Waals surface area contributed by atoms with E-state index in [0.29, 0.717) is 40.4 Å². The van der Waals surface area contributed by atoms with Gasteiger partial charge in [0.1, 0.15) is 11.3 Å². The van der Waals surface area contributed by atoms with Gasteiger partial charge in [0, 0.05) is 17.1 Å². The molecule has 0 aliphatic heterocycles. The number of anilines is 1. The fourth-order valence-corrected chi connectivity index (χ4v) is 2.56. The third kappa shape index (κ3) is 3.46. The van der Waals surface area contributed by atoms with Crippen LogP contribution in [0.5, 0.6) is 5.75 Å². The number of aromatic nitrogens is 1. The molecule has 1 heterocycles. The van der Waals surface area contributed by atoms with Crippen molar-refractivity contribution in [1.29, 1.82) is 0 Å². The first-order valence-electron chi connectivity index (χ1n) is 6.84. The van der Waals surface area contributed by atoms with Crippen molar-refractivity contribution in [3.63, 3.8) is 0 Å². The molecule has 4 nitrogen and oxygen atoms in total. The van der Waals surface area contributed by atoms with Gasteiger partial charge in [0.05, 0.1) is 11.6 Å². The van der Waals surface area contributed by atoms with E-state index in [2.05, 4.69) is 4.98 Å². The van der Waals surface area contributed by atoms with Gasteiger partial charge in [-0.1, -0.05) is 23.2 Å². The molecule has 0 saturated heterocycles. The van der Waals surface area contributed by atoms with Crippen molar-refractivity contribution in [3.8, 4) is 5.75 Å². The number of rotatable bonds is 5. The summed E-state index contributed by atoms with van der Waals surface area (Å²) in [4.78, 5) is 4.40. The summed E-state index contributed by atoms with van der Waals surface area (Å²) in [6, 6.07) is 10.6. The number of benzene rings is 2. The molecule has 1 aromatic heterocycles. The Balaban J connectivity index is 1.55. The van der Waals surface area contributed by atoms with E-state index in [-0.39, 0.29) is 0 Å². The molecular weight excluding hydrogens is 323 g/mol. The predicted octanol–water partition coefficient (Wildman–Crippen LogP) is 4.73. The minimum atomic E-state index is 0.504. The molecule has 0 aliphatic rings. The van der Waals surface area contributed by atoms with E-state index in [9.17, 15) is 0 Å². The standard InChI is InChI=1S/C16H14Cl2N2O2/c17-10-3-5-14(12(18)8-10)21-7-1-2-16-20-13-9-11(19)4-6-15(13)22-16/h3-6,8-9H,1-2,7,19H2. The van der Waals surface area contributed by atoms with Crippen LogP contribution in [0.1, 0.15) is 12.3 Å². The first kappa shape index (κ1) is 15.0. The highest BCUT2D eigenvalue weighted by molar-refractivity contribution is 6.35. The average molecular weight is 337 g/mol. The third-order valence-corrected chi connectivity index (χ3v) is 3.67. The number of ether oxygens (including phenoxy) is 1. The van der Waals surface area contributed by atoms with Crippen LogP contribution in [0.3, 0.4) is 0 Å². The molecule has 0 bridgehead atoms. The van der Waals surface area contributed by atoms with E-state index in [4.69, 9.17) is 38.1 Å². The normalized spacial score (nSPS) is 11.0. The van der Waals surface area contributed by atoms with Crippen LogP contribution in [0.2, 0.25) is 10.0 Å². The van der Waals surface area contributed by atoms with Gasteiger partial charge in [0.15, 0.2) is 11.5 Å². The molecular formula is C16H14Cl2N2O2. The number of hydrogen-bond acceptors (Lipinski definition) is 4. The number of aryl methyl sites for hydroxylation is 1. The zero-order valence-electron chi connectivity index (χ0n) is 11.7. The van der Waals surface area contributed by atoms with E-state index in [1.165, 1.54) is 0 Å². The second kappa shape index (κ2) is 6.46. The Morgan fingerprint density at radius 3 is 2.82 bits per heavy atom. The van der Waals surface area contributed by atoms with Crippen LogP contribution in [0, 0.1) is 0 Å². The first-order valence-corrected chi connectivity index (χ1v) is 7.60. The van der Waals surface area contributed by atoms with Gasteiger partial charge in [0.25, 0.3) is 0 Å². The molecule has 114 valence electrons. The summed E-state index contributed by atoms with van der Waals surface area (Å²) >= 11 is 11.9. The summed E-state index contributed by atoms with van der Waals surface area (Å²) in [6.07, 6.45) is 1.45. The van der Waals surface area contributed by atoms with Crippen LogP contribution in [-0.2, 0) is 6.42 Å². The Bertz CT molecular complexity index is 802. The van der Waals surface area contributed by atoms with E-state index in [1.54, 1.807) is 30.3 Å². The summed E-state index contributed by atoms with van der Waals surface area (Å²) in [5.74, 6) is 1.29. The molecule has 0 aliphatic carbocycles. The molecule has 3 aromatic rings. The Labute approximate surface area is 137 Å². The maximum absolute atomic E-state index is 6.04. The number of oxazole rings is 1. The van der Waals surface area contributed by atoms with Gasteiger partial charge in [0.2, 0.25) is 0 Å². The van der Waals surface area contributed by atoms with Gasteiger partial charge >= 0.3 is 0 Å². The molecule has 0 amide bonds. The van der Waals surface area contributed by atoms with Gasteiger partial charge in [-0.25, -0.2) is 4.98 Å². The molecule has 0 saturated carbocycles. The number of fused-ring (bicyclic) bond motifs is 1. The molecule has 22 heavy (non-hydrogen) atoms. The molecule has 0 fully saturated rings. The quantitative estimate of drug-likeness (QED) is 0.540. The van der Waals surface area contributed by atoms with Crippen LogP contribution < -0.4 is 10.5 Å². The molecule has 3 rings (SSSR count). The van der Waals surface area contributed by atoms with Crippen LogP contribution in [0.15, 0.2) is 40.8 Å². The summed E-state index contributed by atoms with van der Waals surface area (Å²) in [7, 11) is 0. The van der Waals surface area contributed by atoms with Crippen LogP contribution in [0.25, 0.3) is 11.1 Å². The number of nitrogen functional groups attached to an aromatic ring is 1. The maximum atomic E-state index is 6.04. The van der Waals surface area contributed by atoms with Crippen LogP contribution in [-0.4, -0.2) is 11.6 Å². The topological polar surface area (TPSA) is 61.3 Å². The lowest BCUT2D eigenvalue weighted by molar-refractivity contribution is 0.306. The Kier molecular flexibility index (Phi) is 4.41. The second-order valence-corrected chi connectivity index (χ2v) is 5.71. The van der Waals surface area contributed by atoms with E-state index in [0.717, 1.165) is 17.5 Å².